The van der Waals surface area contributed by atoms with E-state index in [2.05, 4.69) is 5.32 Å². The predicted octanol–water partition coefficient (Wildman–Crippen LogP) is -0.758. The monoisotopic (exact) mass is 142 g/mol. The topological polar surface area (TPSA) is 61.4 Å². The summed E-state index contributed by atoms with van der Waals surface area (Å²) in [4.78, 5) is 10.8. The van der Waals surface area contributed by atoms with Crippen LogP contribution in [-0.2, 0) is 4.79 Å². The Morgan fingerprint density at radius 1 is 1.60 bits per heavy atom. The molecule has 56 valence electrons. The van der Waals surface area contributed by atoms with Gasteiger partial charge >= 0.3 is 0 Å². The number of rotatable bonds is 1. The van der Waals surface area contributed by atoms with E-state index in [-0.39, 0.29) is 11.9 Å². The minimum absolute atomic E-state index is 0.145. The maximum atomic E-state index is 10.8. The third-order valence-electron chi connectivity index (χ3n) is 2.30. The van der Waals surface area contributed by atoms with Gasteiger partial charge in [-0.2, -0.15) is 0 Å². The Morgan fingerprint density at radius 2 is 2.40 bits per heavy atom. The first kappa shape index (κ1) is 6.12. The van der Waals surface area contributed by atoms with Crippen LogP contribution in [0, 0.1) is 5.92 Å². The molecule has 1 aliphatic carbocycles. The van der Waals surface area contributed by atoms with Gasteiger partial charge in [0.15, 0.2) is 0 Å². The summed E-state index contributed by atoms with van der Waals surface area (Å²) < 4.78 is 0. The van der Waals surface area contributed by atoms with Gasteiger partial charge in [0.05, 0.1) is 6.04 Å². The van der Waals surface area contributed by atoms with Crippen LogP contribution in [0.5, 0.6) is 0 Å². The first-order valence-corrected chi connectivity index (χ1v) is 3.51. The molecule has 0 spiro atoms. The van der Waals surface area contributed by atoms with Crippen molar-refractivity contribution in [3.63, 3.8) is 0 Å². The van der Waals surface area contributed by atoms with Gasteiger partial charge in [-0.05, 0) is 18.8 Å². The van der Waals surface area contributed by atoms with Crippen LogP contribution < -0.4 is 10.8 Å². The lowest BCUT2D eigenvalue weighted by Gasteiger charge is -2.08. The summed E-state index contributed by atoms with van der Waals surface area (Å²) in [5.41, 5.74) is 1.65. The van der Waals surface area contributed by atoms with E-state index >= 15 is 0 Å². The fourth-order valence-electron chi connectivity index (χ4n) is 1.60. The third kappa shape index (κ3) is 0.803. The second-order valence-electron chi connectivity index (χ2n) is 3.03. The van der Waals surface area contributed by atoms with Gasteiger partial charge in [0.1, 0.15) is 0 Å². The molecule has 1 saturated carbocycles. The number of carbonyl (C=O) groups is 1. The van der Waals surface area contributed by atoms with Gasteiger partial charge in [0.2, 0.25) is 0 Å². The van der Waals surface area contributed by atoms with Crippen LogP contribution in [-0.4, -0.2) is 23.2 Å². The van der Waals surface area contributed by atoms with Gasteiger partial charge in [-0.15, -0.1) is 0 Å². The summed E-state index contributed by atoms with van der Waals surface area (Å²) in [7, 11) is 0. The molecule has 2 fully saturated rings. The summed E-state index contributed by atoms with van der Waals surface area (Å²) >= 11 is 0. The van der Waals surface area contributed by atoms with Crippen molar-refractivity contribution in [2.45, 2.75) is 24.9 Å². The molecule has 0 unspecified atom stereocenters. The number of carbonyl (C=O) groups excluding carboxylic acids is 1. The molecule has 1 aliphatic heterocycles. The third-order valence-corrected chi connectivity index (χ3v) is 2.30. The first-order chi connectivity index (χ1) is 4.81. The van der Waals surface area contributed by atoms with Gasteiger partial charge in [-0.1, -0.05) is 0 Å². The number of hydrogen-bond acceptors (Lipinski definition) is 3. The molecule has 4 heteroatoms. The molecular weight excluding hydrogens is 132 g/mol. The van der Waals surface area contributed by atoms with Gasteiger partial charge in [-0.25, -0.2) is 5.48 Å². The highest BCUT2D eigenvalue weighted by atomic mass is 16.5. The summed E-state index contributed by atoms with van der Waals surface area (Å²) in [6.45, 7) is 0. The maximum Gasteiger partial charge on any atom is 0.260 e. The molecule has 0 aromatic carbocycles. The van der Waals surface area contributed by atoms with Crippen LogP contribution in [0.4, 0.5) is 0 Å². The molecule has 1 amide bonds. The van der Waals surface area contributed by atoms with E-state index in [1.807, 2.05) is 0 Å². The minimum atomic E-state index is -0.299. The molecule has 0 aromatic rings. The van der Waals surface area contributed by atoms with Gasteiger partial charge in [-0.3, -0.25) is 10.0 Å². The number of piperidine rings is 1. The molecule has 0 radical (unpaired) electrons. The van der Waals surface area contributed by atoms with Crippen molar-refractivity contribution in [2.24, 2.45) is 5.92 Å². The normalized spacial score (nSPS) is 42.7. The highest BCUT2D eigenvalue weighted by Gasteiger charge is 2.47. The van der Waals surface area contributed by atoms with Crippen molar-refractivity contribution in [2.75, 3.05) is 0 Å². The zero-order chi connectivity index (χ0) is 7.14. The standard InChI is InChI=1S/C6H10N2O2/c9-6(8-10)5-2-3-1-4(3)7-5/h3-5,7,10H,1-2H2,(H,8,9)/t3-,4+,5-/m0/s1. The van der Waals surface area contributed by atoms with Crippen LogP contribution in [0.15, 0.2) is 0 Å². The van der Waals surface area contributed by atoms with E-state index < -0.39 is 0 Å². The molecule has 2 rings (SSSR count). The Hall–Kier alpha value is -0.610. The zero-order valence-electron chi connectivity index (χ0n) is 5.50. The molecule has 4 nitrogen and oxygen atoms in total. The molecule has 3 atom stereocenters. The predicted molar refractivity (Wildman–Crippen MR) is 33.4 cm³/mol. The number of hydroxylamine groups is 1. The van der Waals surface area contributed by atoms with Gasteiger partial charge in [0, 0.05) is 6.04 Å². The van der Waals surface area contributed by atoms with E-state index in [1.165, 1.54) is 6.42 Å². The summed E-state index contributed by atoms with van der Waals surface area (Å²) in [5, 5.41) is 11.4. The van der Waals surface area contributed by atoms with E-state index in [0.717, 1.165) is 6.42 Å². The molecule has 0 bridgehead atoms. The quantitative estimate of drug-likeness (QED) is 0.333. The second kappa shape index (κ2) is 1.93. The molecule has 2 aliphatic rings. The molecule has 1 saturated heterocycles. The fourth-order valence-corrected chi connectivity index (χ4v) is 1.60. The summed E-state index contributed by atoms with van der Waals surface area (Å²) in [6.07, 6.45) is 2.09. The number of hydrogen-bond donors (Lipinski definition) is 3. The van der Waals surface area contributed by atoms with Crippen LogP contribution >= 0.6 is 0 Å². The van der Waals surface area contributed by atoms with Crippen molar-refractivity contribution in [3.8, 4) is 0 Å². The van der Waals surface area contributed by atoms with E-state index in [9.17, 15) is 4.79 Å². The average molecular weight is 142 g/mol. The highest BCUT2D eigenvalue weighted by molar-refractivity contribution is 5.81. The Bertz CT molecular complexity index is 161. The van der Waals surface area contributed by atoms with Crippen LogP contribution in [0.3, 0.4) is 0 Å². The zero-order valence-corrected chi connectivity index (χ0v) is 5.50. The lowest BCUT2D eigenvalue weighted by atomic mass is 10.2. The summed E-state index contributed by atoms with van der Waals surface area (Å²) in [6, 6.07) is 0.413. The largest absolute Gasteiger partial charge is 0.303 e. The average Bonchev–Trinajstić information content (AvgIpc) is 2.57. The molecule has 10 heavy (non-hydrogen) atoms. The SMILES string of the molecule is O=C(NO)[C@@H]1C[C@@H]2C[C@H]2N1. The maximum absolute atomic E-state index is 10.8. The molecule has 3 N–H and O–H groups in total. The Balaban J connectivity index is 1.90. The second-order valence-corrected chi connectivity index (χ2v) is 3.03. The minimum Gasteiger partial charge on any atom is -0.303 e. The van der Waals surface area contributed by atoms with Crippen molar-refractivity contribution >= 4 is 5.91 Å². The molecule has 0 aromatic heterocycles. The van der Waals surface area contributed by atoms with E-state index in [4.69, 9.17) is 5.21 Å². The lowest BCUT2D eigenvalue weighted by Crippen LogP contribution is -2.40. The fraction of sp³-hybridized carbons (Fsp3) is 0.833. The summed E-state index contributed by atoms with van der Waals surface area (Å²) in [5.74, 6) is 0.398. The van der Waals surface area contributed by atoms with E-state index in [1.54, 1.807) is 5.48 Å². The Morgan fingerprint density at radius 3 is 2.90 bits per heavy atom. The lowest BCUT2D eigenvalue weighted by molar-refractivity contribution is -0.131. The smallest absolute Gasteiger partial charge is 0.260 e. The van der Waals surface area contributed by atoms with Crippen LogP contribution in [0.1, 0.15) is 12.8 Å². The van der Waals surface area contributed by atoms with Crippen molar-refractivity contribution in [3.05, 3.63) is 0 Å². The van der Waals surface area contributed by atoms with Crippen LogP contribution in [0.25, 0.3) is 0 Å². The highest BCUT2D eigenvalue weighted by Crippen LogP contribution is 2.40. The van der Waals surface area contributed by atoms with Crippen molar-refractivity contribution in [1.29, 1.82) is 0 Å². The first-order valence-electron chi connectivity index (χ1n) is 3.51. The van der Waals surface area contributed by atoms with Gasteiger partial charge in [0.25, 0.3) is 5.91 Å². The number of amides is 1. The van der Waals surface area contributed by atoms with Gasteiger partial charge < -0.3 is 5.32 Å². The molecule has 1 heterocycles. The van der Waals surface area contributed by atoms with Crippen molar-refractivity contribution < 1.29 is 10.0 Å². The van der Waals surface area contributed by atoms with E-state index in [0.29, 0.717) is 12.0 Å². The molecular formula is C6H10N2O2. The number of fused-ring (bicyclic) bond motifs is 1. The Labute approximate surface area is 58.6 Å². The van der Waals surface area contributed by atoms with Crippen molar-refractivity contribution in [1.82, 2.24) is 10.8 Å². The number of nitrogens with one attached hydrogen (secondary N) is 2. The van der Waals surface area contributed by atoms with Crippen LogP contribution in [0.2, 0.25) is 0 Å². The Kier molecular flexibility index (Phi) is 1.18.